The first-order valence-corrected chi connectivity index (χ1v) is 13.5. The van der Waals surface area contributed by atoms with E-state index in [4.69, 9.17) is 0 Å². The number of hydrogen-bond donors (Lipinski definition) is 2. The van der Waals surface area contributed by atoms with Crippen LogP contribution in [-0.4, -0.2) is 36.5 Å². The maximum absolute atomic E-state index is 10.5. The van der Waals surface area contributed by atoms with Gasteiger partial charge in [-0.15, -0.1) is 0 Å². The topological polar surface area (TPSA) is 92.3 Å². The molecule has 38 heavy (non-hydrogen) atoms. The summed E-state index contributed by atoms with van der Waals surface area (Å²) in [4.78, 5) is 40.5. The van der Waals surface area contributed by atoms with Crippen LogP contribution in [0.5, 0.6) is 0 Å². The molecule has 0 saturated carbocycles. The molecule has 2 rings (SSSR count). The van der Waals surface area contributed by atoms with Crippen LogP contribution in [0.4, 0.5) is 0 Å². The first kappa shape index (κ1) is 44.7. The zero-order valence-electron chi connectivity index (χ0n) is 25.8. The molecular formula is C32H56N2O4. The molecule has 2 aromatic carbocycles. The quantitative estimate of drug-likeness (QED) is 0.392. The van der Waals surface area contributed by atoms with Gasteiger partial charge in [0.25, 0.3) is 0 Å². The Hall–Kier alpha value is -3.28. The van der Waals surface area contributed by atoms with Crippen molar-refractivity contribution in [1.29, 1.82) is 0 Å². The molecule has 2 amide bonds. The Kier molecular flexibility index (Phi) is 51.5. The van der Waals surface area contributed by atoms with E-state index < -0.39 is 0 Å². The van der Waals surface area contributed by atoms with Crippen LogP contribution in [0, 0.1) is 0 Å². The highest BCUT2D eigenvalue weighted by atomic mass is 16.2. The molecule has 0 aliphatic carbocycles. The summed E-state index contributed by atoms with van der Waals surface area (Å²) in [5.41, 5.74) is 0. The molecule has 0 aliphatic rings. The fraction of sp³-hybridized carbons (Fsp3) is 0.500. The number of nitrogens with one attached hydrogen (secondary N) is 2. The number of amides is 2. The second-order valence-electron chi connectivity index (χ2n) is 7.70. The fourth-order valence-electron chi connectivity index (χ4n) is 1.50. The summed E-state index contributed by atoms with van der Waals surface area (Å²) in [5.74, 6) is 0.00782. The molecule has 2 N–H and O–H groups in total. The highest BCUT2D eigenvalue weighted by Crippen LogP contribution is 1.81. The molecule has 0 aromatic heterocycles. The number of Topliss-reactive ketones (excluding diaryl/α,β-unsaturated/α-hetero) is 2. The third kappa shape index (κ3) is 76.7. The lowest BCUT2D eigenvalue weighted by Gasteiger charge is -1.96. The highest BCUT2D eigenvalue weighted by molar-refractivity contribution is 5.96. The third-order valence-electron chi connectivity index (χ3n) is 3.04. The van der Waals surface area contributed by atoms with Crippen LogP contribution in [-0.2, 0) is 19.2 Å². The summed E-state index contributed by atoms with van der Waals surface area (Å²) >= 11 is 0. The fourth-order valence-corrected chi connectivity index (χ4v) is 1.50. The monoisotopic (exact) mass is 532 g/mol. The van der Waals surface area contributed by atoms with Crippen molar-refractivity contribution in [1.82, 2.24) is 10.6 Å². The predicted molar refractivity (Wildman–Crippen MR) is 164 cm³/mol. The van der Waals surface area contributed by atoms with Gasteiger partial charge in [-0.05, 0) is 27.7 Å². The molecular weight excluding hydrogens is 476 g/mol. The average Bonchev–Trinajstić information content (AvgIpc) is 2.88. The Morgan fingerprint density at radius 1 is 0.474 bits per heavy atom. The second-order valence-corrected chi connectivity index (χ2v) is 7.70. The zero-order valence-corrected chi connectivity index (χ0v) is 25.8. The van der Waals surface area contributed by atoms with E-state index in [0.717, 1.165) is 6.54 Å². The van der Waals surface area contributed by atoms with Gasteiger partial charge in [0.05, 0.1) is 6.42 Å². The van der Waals surface area contributed by atoms with Crippen molar-refractivity contribution >= 4 is 23.4 Å². The molecule has 0 radical (unpaired) electrons. The normalized spacial score (nSPS) is 7.74. The van der Waals surface area contributed by atoms with Crippen molar-refractivity contribution in [3.8, 4) is 0 Å². The van der Waals surface area contributed by atoms with Crippen LogP contribution < -0.4 is 10.6 Å². The first-order chi connectivity index (χ1) is 18.0. The van der Waals surface area contributed by atoms with E-state index in [9.17, 15) is 19.2 Å². The third-order valence-corrected chi connectivity index (χ3v) is 3.04. The number of carbonyl (C=O) groups excluding carboxylic acids is 4. The van der Waals surface area contributed by atoms with Crippen molar-refractivity contribution in [2.45, 2.75) is 94.9 Å². The molecule has 0 unspecified atom stereocenters. The average molecular weight is 533 g/mol. The van der Waals surface area contributed by atoms with E-state index >= 15 is 0 Å². The lowest BCUT2D eigenvalue weighted by Crippen LogP contribution is -2.24. The number of ketones is 2. The van der Waals surface area contributed by atoms with E-state index in [0.29, 0.717) is 13.0 Å². The Morgan fingerprint density at radius 3 is 0.816 bits per heavy atom. The summed E-state index contributed by atoms with van der Waals surface area (Å²) in [6.07, 6.45) is 3.17. The second kappa shape index (κ2) is 43.8. The van der Waals surface area contributed by atoms with Crippen molar-refractivity contribution in [3.63, 3.8) is 0 Å². The summed E-state index contributed by atoms with van der Waals surface area (Å²) in [7, 11) is 0. The minimum atomic E-state index is -0.190. The van der Waals surface area contributed by atoms with Gasteiger partial charge in [0.15, 0.2) is 0 Å². The van der Waals surface area contributed by atoms with Gasteiger partial charge in [0.1, 0.15) is 11.6 Å². The molecule has 2 aromatic rings. The van der Waals surface area contributed by atoms with Crippen LogP contribution in [0.2, 0.25) is 0 Å². The number of benzene rings is 2. The summed E-state index contributed by atoms with van der Waals surface area (Å²) in [5, 5.41) is 5.09. The molecule has 0 atom stereocenters. The Balaban J connectivity index is -0.000000115. The summed E-state index contributed by atoms with van der Waals surface area (Å²) < 4.78 is 0. The zero-order chi connectivity index (χ0) is 30.5. The number of rotatable bonds is 5. The van der Waals surface area contributed by atoms with Gasteiger partial charge in [-0.1, -0.05) is 120 Å². The van der Waals surface area contributed by atoms with Crippen molar-refractivity contribution in [3.05, 3.63) is 72.8 Å². The number of carbonyl (C=O) groups is 4. The SMILES string of the molecule is CCC.CCC.CCC(C)=O.CCNC(=O)CC(C)=O.CCNC(C)=O.c1ccccc1.c1ccccc1. The van der Waals surface area contributed by atoms with E-state index in [1.165, 1.54) is 26.7 Å². The lowest BCUT2D eigenvalue weighted by molar-refractivity contribution is -0.127. The van der Waals surface area contributed by atoms with Gasteiger partial charge in [-0.25, -0.2) is 0 Å². The lowest BCUT2D eigenvalue weighted by atomic mass is 10.3. The van der Waals surface area contributed by atoms with Crippen molar-refractivity contribution in [2.75, 3.05) is 13.1 Å². The molecule has 0 fully saturated rings. The van der Waals surface area contributed by atoms with Gasteiger partial charge in [0, 0.05) is 26.4 Å². The molecule has 0 bridgehead atoms. The first-order valence-electron chi connectivity index (χ1n) is 13.5. The molecule has 218 valence electrons. The van der Waals surface area contributed by atoms with Gasteiger partial charge in [-0.3, -0.25) is 14.4 Å². The Bertz CT molecular complexity index is 634. The van der Waals surface area contributed by atoms with Gasteiger partial charge in [0.2, 0.25) is 11.8 Å². The summed E-state index contributed by atoms with van der Waals surface area (Å²) in [6.45, 7) is 19.9. The predicted octanol–water partition coefficient (Wildman–Crippen LogP) is 7.44. The van der Waals surface area contributed by atoms with Crippen molar-refractivity contribution in [2.24, 2.45) is 0 Å². The maximum atomic E-state index is 10.5. The highest BCUT2D eigenvalue weighted by Gasteiger charge is 2.00. The van der Waals surface area contributed by atoms with Crippen LogP contribution in [0.1, 0.15) is 94.9 Å². The molecule has 0 saturated heterocycles. The summed E-state index contributed by atoms with van der Waals surface area (Å²) in [6, 6.07) is 24.0. The molecule has 0 heterocycles. The maximum Gasteiger partial charge on any atom is 0.227 e. The molecule has 6 heteroatoms. The standard InChI is InChI=1S/C6H11NO2.2C6H6.C4H9NO.C4H8O.2C3H8/c1-3-7-6(9)4-5(2)8;2*1-2-4-6-5-3-1;1-3-5-4(2)6;1-3-4(2)5;2*1-3-2/h3-4H2,1-2H3,(H,7,9);2*1-6H;3H2,1-2H3,(H,5,6);3H2,1-2H3;2*3H2,1-2H3. The van der Waals surface area contributed by atoms with Gasteiger partial charge >= 0.3 is 0 Å². The Morgan fingerprint density at radius 2 is 0.711 bits per heavy atom. The molecule has 6 nitrogen and oxygen atoms in total. The minimum absolute atomic E-state index is 0.00778. The largest absolute Gasteiger partial charge is 0.357 e. The van der Waals surface area contributed by atoms with E-state index in [2.05, 4.69) is 38.3 Å². The molecule has 0 spiro atoms. The van der Waals surface area contributed by atoms with Crippen LogP contribution in [0.25, 0.3) is 0 Å². The van der Waals surface area contributed by atoms with E-state index in [-0.39, 0.29) is 29.8 Å². The Labute approximate surface area is 234 Å². The van der Waals surface area contributed by atoms with Crippen LogP contribution >= 0.6 is 0 Å². The van der Waals surface area contributed by atoms with Crippen LogP contribution in [0.15, 0.2) is 72.8 Å². The van der Waals surface area contributed by atoms with Gasteiger partial charge in [-0.2, -0.15) is 0 Å². The van der Waals surface area contributed by atoms with E-state index in [1.54, 1.807) is 6.92 Å². The van der Waals surface area contributed by atoms with Crippen molar-refractivity contribution < 1.29 is 19.2 Å². The molecule has 0 aliphatic heterocycles. The minimum Gasteiger partial charge on any atom is -0.357 e. The van der Waals surface area contributed by atoms with Crippen LogP contribution in [0.3, 0.4) is 0 Å². The smallest absolute Gasteiger partial charge is 0.227 e. The van der Waals surface area contributed by atoms with Gasteiger partial charge < -0.3 is 15.4 Å². The number of hydrogen-bond acceptors (Lipinski definition) is 4. The van der Waals surface area contributed by atoms with E-state index in [1.807, 2.05) is 93.6 Å².